The lowest BCUT2D eigenvalue weighted by Gasteiger charge is -2.30. The lowest BCUT2D eigenvalue weighted by molar-refractivity contribution is -0.131. The largest absolute Gasteiger partial charge is 0.490 e. The number of benzene rings is 1. The molecule has 0 bridgehead atoms. The molecule has 3 rings (SSSR count). The molecule has 0 fully saturated rings. The molecular formula is C21H29N3O3. The second-order valence-corrected chi connectivity index (χ2v) is 6.95. The molecule has 0 saturated carbocycles. The number of carbonyl (C=O) groups excluding carboxylic acids is 1. The van der Waals surface area contributed by atoms with Crippen LogP contribution in [0.1, 0.15) is 41.9 Å². The third kappa shape index (κ3) is 3.94. The molecule has 1 aromatic carbocycles. The molecule has 0 radical (unpaired) electrons. The summed E-state index contributed by atoms with van der Waals surface area (Å²) in [6.07, 6.45) is 1.23. The lowest BCUT2D eigenvalue weighted by Crippen LogP contribution is -2.37. The van der Waals surface area contributed by atoms with Crippen LogP contribution in [0.3, 0.4) is 0 Å². The fourth-order valence-corrected chi connectivity index (χ4v) is 3.65. The minimum Gasteiger partial charge on any atom is -0.490 e. The van der Waals surface area contributed by atoms with Crippen molar-refractivity contribution in [3.8, 4) is 11.5 Å². The summed E-state index contributed by atoms with van der Waals surface area (Å²) in [6, 6.07) is 4.10. The Morgan fingerprint density at radius 2 is 1.74 bits per heavy atom. The number of aromatic nitrogens is 2. The summed E-state index contributed by atoms with van der Waals surface area (Å²) in [7, 11) is 1.92. The highest BCUT2D eigenvalue weighted by Gasteiger charge is 2.24. The first-order chi connectivity index (χ1) is 12.9. The number of nitrogens with zero attached hydrogens (tertiary/aromatic N) is 3. The minimum absolute atomic E-state index is 0.145. The van der Waals surface area contributed by atoms with Crippen molar-refractivity contribution in [2.75, 3.05) is 19.8 Å². The van der Waals surface area contributed by atoms with E-state index in [1.807, 2.05) is 50.4 Å². The van der Waals surface area contributed by atoms with Crippen molar-refractivity contribution < 1.29 is 14.3 Å². The number of amides is 1. The van der Waals surface area contributed by atoms with Gasteiger partial charge >= 0.3 is 0 Å². The van der Waals surface area contributed by atoms with Gasteiger partial charge in [0.25, 0.3) is 0 Å². The predicted octanol–water partition coefficient (Wildman–Crippen LogP) is 2.96. The number of carbonyl (C=O) groups is 1. The van der Waals surface area contributed by atoms with Crippen molar-refractivity contribution in [2.45, 2.75) is 47.1 Å². The van der Waals surface area contributed by atoms with E-state index in [9.17, 15) is 4.79 Å². The molecule has 0 N–H and O–H groups in total. The molecule has 27 heavy (non-hydrogen) atoms. The Morgan fingerprint density at radius 3 is 2.30 bits per heavy atom. The zero-order valence-corrected chi connectivity index (χ0v) is 17.0. The SMILES string of the molecule is CCOc1cc2c(cc1OCC)CN(C(=O)Cc1c(C)nn(C)c1C)CC2. The van der Waals surface area contributed by atoms with E-state index in [0.29, 0.717) is 26.2 Å². The first kappa shape index (κ1) is 19.3. The van der Waals surface area contributed by atoms with Crippen molar-refractivity contribution in [1.82, 2.24) is 14.7 Å². The molecule has 2 aromatic rings. The second-order valence-electron chi connectivity index (χ2n) is 6.95. The Hall–Kier alpha value is -2.50. The normalized spacial score (nSPS) is 13.4. The topological polar surface area (TPSA) is 56.6 Å². The van der Waals surface area contributed by atoms with Gasteiger partial charge in [-0.3, -0.25) is 9.48 Å². The Kier molecular flexibility index (Phi) is 5.73. The van der Waals surface area contributed by atoms with Crippen molar-refractivity contribution in [3.05, 3.63) is 40.2 Å². The van der Waals surface area contributed by atoms with Gasteiger partial charge in [0.05, 0.1) is 25.3 Å². The third-order valence-corrected chi connectivity index (χ3v) is 5.22. The fourth-order valence-electron chi connectivity index (χ4n) is 3.65. The number of fused-ring (bicyclic) bond motifs is 1. The first-order valence-corrected chi connectivity index (χ1v) is 9.62. The molecule has 1 aliphatic rings. The van der Waals surface area contributed by atoms with E-state index in [1.54, 1.807) is 0 Å². The number of ether oxygens (including phenoxy) is 2. The maximum Gasteiger partial charge on any atom is 0.227 e. The molecule has 2 heterocycles. The molecule has 0 aliphatic carbocycles. The smallest absolute Gasteiger partial charge is 0.227 e. The Balaban J connectivity index is 1.78. The van der Waals surface area contributed by atoms with Crippen molar-refractivity contribution in [1.29, 1.82) is 0 Å². The molecule has 1 amide bonds. The van der Waals surface area contributed by atoms with Crippen LogP contribution in [0.15, 0.2) is 12.1 Å². The van der Waals surface area contributed by atoms with E-state index in [1.165, 1.54) is 5.56 Å². The van der Waals surface area contributed by atoms with Gasteiger partial charge in [0.2, 0.25) is 5.91 Å². The van der Waals surface area contributed by atoms with Gasteiger partial charge in [-0.05, 0) is 57.4 Å². The molecule has 0 unspecified atom stereocenters. The van der Waals surface area contributed by atoms with Crippen LogP contribution >= 0.6 is 0 Å². The average Bonchev–Trinajstić information content (AvgIpc) is 2.88. The predicted molar refractivity (Wildman–Crippen MR) is 104 cm³/mol. The number of hydrogen-bond acceptors (Lipinski definition) is 4. The van der Waals surface area contributed by atoms with Gasteiger partial charge in [0.1, 0.15) is 0 Å². The van der Waals surface area contributed by atoms with Crippen LogP contribution in [0.4, 0.5) is 0 Å². The number of aryl methyl sites for hydroxylation is 2. The Labute approximate surface area is 161 Å². The summed E-state index contributed by atoms with van der Waals surface area (Å²) in [6.45, 7) is 10.4. The molecular weight excluding hydrogens is 342 g/mol. The molecule has 1 aromatic heterocycles. The van der Waals surface area contributed by atoms with E-state index < -0.39 is 0 Å². The highest BCUT2D eigenvalue weighted by molar-refractivity contribution is 5.79. The summed E-state index contributed by atoms with van der Waals surface area (Å²) in [4.78, 5) is 14.8. The van der Waals surface area contributed by atoms with E-state index in [-0.39, 0.29) is 5.91 Å². The van der Waals surface area contributed by atoms with Crippen LogP contribution in [-0.4, -0.2) is 40.3 Å². The van der Waals surface area contributed by atoms with Crippen molar-refractivity contribution >= 4 is 5.91 Å². The van der Waals surface area contributed by atoms with Crippen LogP contribution < -0.4 is 9.47 Å². The Bertz CT molecular complexity index is 842. The van der Waals surface area contributed by atoms with Gasteiger partial charge in [0, 0.05) is 31.4 Å². The highest BCUT2D eigenvalue weighted by atomic mass is 16.5. The molecule has 6 nitrogen and oxygen atoms in total. The second kappa shape index (κ2) is 8.03. The zero-order valence-electron chi connectivity index (χ0n) is 17.0. The molecule has 0 spiro atoms. The summed E-state index contributed by atoms with van der Waals surface area (Å²) < 4.78 is 13.3. The van der Waals surface area contributed by atoms with E-state index in [2.05, 4.69) is 11.2 Å². The van der Waals surface area contributed by atoms with E-state index in [4.69, 9.17) is 9.47 Å². The summed E-state index contributed by atoms with van der Waals surface area (Å²) in [5.74, 6) is 1.69. The standard InChI is InChI=1S/C21H29N3O3/c1-6-26-19-10-16-8-9-24(13-17(16)11-20(19)27-7-2)21(25)12-18-14(3)22-23(5)15(18)4/h10-11H,6-9,12-13H2,1-5H3. The van der Waals surface area contributed by atoms with Gasteiger partial charge in [-0.15, -0.1) is 0 Å². The maximum absolute atomic E-state index is 12.9. The Morgan fingerprint density at radius 1 is 1.11 bits per heavy atom. The van der Waals surface area contributed by atoms with Crippen LogP contribution in [0.25, 0.3) is 0 Å². The van der Waals surface area contributed by atoms with Gasteiger partial charge in [0.15, 0.2) is 11.5 Å². The molecule has 0 atom stereocenters. The van der Waals surface area contributed by atoms with Crippen LogP contribution in [0.5, 0.6) is 11.5 Å². The zero-order chi connectivity index (χ0) is 19.6. The molecule has 6 heteroatoms. The number of rotatable bonds is 6. The average molecular weight is 371 g/mol. The van der Waals surface area contributed by atoms with Crippen molar-refractivity contribution in [3.63, 3.8) is 0 Å². The summed E-state index contributed by atoms with van der Waals surface area (Å²) in [5, 5.41) is 4.42. The van der Waals surface area contributed by atoms with Crippen LogP contribution in [0, 0.1) is 13.8 Å². The molecule has 146 valence electrons. The van der Waals surface area contributed by atoms with Crippen LogP contribution in [-0.2, 0) is 31.2 Å². The monoisotopic (exact) mass is 371 g/mol. The quantitative estimate of drug-likeness (QED) is 0.783. The highest BCUT2D eigenvalue weighted by Crippen LogP contribution is 2.34. The molecule has 1 aliphatic heterocycles. The van der Waals surface area contributed by atoms with Crippen LogP contribution in [0.2, 0.25) is 0 Å². The minimum atomic E-state index is 0.145. The maximum atomic E-state index is 12.9. The summed E-state index contributed by atoms with van der Waals surface area (Å²) >= 11 is 0. The van der Waals surface area contributed by atoms with Gasteiger partial charge < -0.3 is 14.4 Å². The number of hydrogen-bond donors (Lipinski definition) is 0. The van der Waals surface area contributed by atoms with Crippen molar-refractivity contribution in [2.24, 2.45) is 7.05 Å². The fraction of sp³-hybridized carbons (Fsp3) is 0.524. The van der Waals surface area contributed by atoms with Gasteiger partial charge in [-0.1, -0.05) is 0 Å². The summed E-state index contributed by atoms with van der Waals surface area (Å²) in [5.41, 5.74) is 5.40. The lowest BCUT2D eigenvalue weighted by atomic mass is 9.98. The van der Waals surface area contributed by atoms with Gasteiger partial charge in [-0.25, -0.2) is 0 Å². The first-order valence-electron chi connectivity index (χ1n) is 9.62. The molecule has 0 saturated heterocycles. The van der Waals surface area contributed by atoms with E-state index in [0.717, 1.165) is 47.0 Å². The third-order valence-electron chi connectivity index (χ3n) is 5.22. The van der Waals surface area contributed by atoms with E-state index >= 15 is 0 Å². The van der Waals surface area contributed by atoms with Gasteiger partial charge in [-0.2, -0.15) is 5.10 Å².